The monoisotopic (exact) mass is 451 g/mol. The van der Waals surface area contributed by atoms with Crippen LogP contribution in [0.3, 0.4) is 0 Å². The van der Waals surface area contributed by atoms with Gasteiger partial charge in [0.1, 0.15) is 11.4 Å². The molecule has 0 radical (unpaired) electrons. The molecule has 0 unspecified atom stereocenters. The number of ether oxygens (including phenoxy) is 2. The van der Waals surface area contributed by atoms with Gasteiger partial charge in [0.05, 0.1) is 23.4 Å². The SMILES string of the molecule is COCc1nc(OC)c2c(C)c(C(=O)Nc3cccc(-c4nnnn4C4CC4)c3)sc2n1. The standard InChI is InChI=1S/C21H21N7O3S/c1-11-16-20(31-3)23-15(10-30-2)24-21(16)32-17(11)19(29)22-13-6-4-5-12(9-13)18-25-26-27-28(18)14-7-8-14/h4-6,9,14H,7-8,10H2,1-3H3,(H,22,29). The van der Waals surface area contributed by atoms with Crippen LogP contribution in [0.2, 0.25) is 0 Å². The summed E-state index contributed by atoms with van der Waals surface area (Å²) in [5, 5.41) is 15.8. The third-order valence-electron chi connectivity index (χ3n) is 5.24. The van der Waals surface area contributed by atoms with Crippen LogP contribution < -0.4 is 10.1 Å². The molecular weight excluding hydrogens is 430 g/mol. The van der Waals surface area contributed by atoms with Crippen LogP contribution in [0.15, 0.2) is 24.3 Å². The number of benzene rings is 1. The van der Waals surface area contributed by atoms with Crippen molar-refractivity contribution in [2.45, 2.75) is 32.4 Å². The van der Waals surface area contributed by atoms with E-state index in [9.17, 15) is 4.79 Å². The van der Waals surface area contributed by atoms with Gasteiger partial charge in [0, 0.05) is 18.4 Å². The summed E-state index contributed by atoms with van der Waals surface area (Å²) >= 11 is 1.30. The lowest BCUT2D eigenvalue weighted by Crippen LogP contribution is -2.11. The van der Waals surface area contributed by atoms with Crippen LogP contribution in [0, 0.1) is 6.92 Å². The van der Waals surface area contributed by atoms with Gasteiger partial charge in [-0.05, 0) is 47.9 Å². The minimum Gasteiger partial charge on any atom is -0.480 e. The molecule has 1 aromatic carbocycles. The quantitative estimate of drug-likeness (QED) is 0.454. The van der Waals surface area contributed by atoms with Crippen molar-refractivity contribution in [2.75, 3.05) is 19.5 Å². The van der Waals surface area contributed by atoms with E-state index in [1.807, 2.05) is 35.9 Å². The van der Waals surface area contributed by atoms with Crippen molar-refractivity contribution in [3.05, 3.63) is 40.5 Å². The molecule has 164 valence electrons. The van der Waals surface area contributed by atoms with E-state index in [-0.39, 0.29) is 12.5 Å². The lowest BCUT2D eigenvalue weighted by atomic mass is 10.1. The van der Waals surface area contributed by atoms with Gasteiger partial charge in [-0.1, -0.05) is 12.1 Å². The van der Waals surface area contributed by atoms with Gasteiger partial charge in [0.15, 0.2) is 11.6 Å². The van der Waals surface area contributed by atoms with E-state index >= 15 is 0 Å². The Hall–Kier alpha value is -3.44. The lowest BCUT2D eigenvalue weighted by molar-refractivity contribution is 0.103. The third-order valence-corrected chi connectivity index (χ3v) is 6.42. The summed E-state index contributed by atoms with van der Waals surface area (Å²) in [6, 6.07) is 7.89. The van der Waals surface area contributed by atoms with E-state index in [1.165, 1.54) is 11.3 Å². The Morgan fingerprint density at radius 1 is 1.28 bits per heavy atom. The number of carbonyl (C=O) groups is 1. The maximum Gasteiger partial charge on any atom is 0.266 e. The third kappa shape index (κ3) is 3.69. The number of rotatable bonds is 7. The fourth-order valence-electron chi connectivity index (χ4n) is 3.57. The number of anilines is 1. The number of thiophene rings is 1. The van der Waals surface area contributed by atoms with Gasteiger partial charge >= 0.3 is 0 Å². The normalized spacial score (nSPS) is 13.5. The predicted octanol–water partition coefficient (Wildman–Crippen LogP) is 3.40. The molecule has 1 saturated carbocycles. The molecule has 5 rings (SSSR count). The number of aryl methyl sites for hydroxylation is 1. The summed E-state index contributed by atoms with van der Waals surface area (Å²) in [6.45, 7) is 2.13. The number of tetrazole rings is 1. The second-order valence-corrected chi connectivity index (χ2v) is 8.53. The minimum atomic E-state index is -0.222. The number of fused-ring (bicyclic) bond motifs is 1. The summed E-state index contributed by atoms with van der Waals surface area (Å²) in [5.74, 6) is 1.42. The molecule has 1 fully saturated rings. The number of amides is 1. The maximum atomic E-state index is 13.1. The molecule has 1 N–H and O–H groups in total. The Morgan fingerprint density at radius 3 is 2.88 bits per heavy atom. The van der Waals surface area contributed by atoms with Crippen molar-refractivity contribution >= 4 is 33.1 Å². The fraction of sp³-hybridized carbons (Fsp3) is 0.333. The number of nitrogens with one attached hydrogen (secondary N) is 1. The number of carbonyl (C=O) groups excluding carboxylic acids is 1. The Kier molecular flexibility index (Phi) is 5.27. The Balaban J connectivity index is 1.45. The molecule has 0 spiro atoms. The zero-order chi connectivity index (χ0) is 22.2. The van der Waals surface area contributed by atoms with Gasteiger partial charge in [-0.2, -0.15) is 4.98 Å². The van der Waals surface area contributed by atoms with Crippen molar-refractivity contribution in [3.63, 3.8) is 0 Å². The van der Waals surface area contributed by atoms with E-state index in [0.717, 1.165) is 29.4 Å². The smallest absolute Gasteiger partial charge is 0.266 e. The average molecular weight is 452 g/mol. The molecule has 11 heteroatoms. The highest BCUT2D eigenvalue weighted by Crippen LogP contribution is 2.37. The molecule has 10 nitrogen and oxygen atoms in total. The topological polar surface area (TPSA) is 117 Å². The van der Waals surface area contributed by atoms with E-state index in [0.29, 0.717) is 39.0 Å². The first-order valence-corrected chi connectivity index (χ1v) is 10.9. The molecule has 1 aliphatic carbocycles. The van der Waals surface area contributed by atoms with Crippen LogP contribution in [-0.2, 0) is 11.3 Å². The van der Waals surface area contributed by atoms with Crippen LogP contribution in [0.5, 0.6) is 5.88 Å². The average Bonchev–Trinajstić information content (AvgIpc) is 3.42. The van der Waals surface area contributed by atoms with Crippen molar-refractivity contribution < 1.29 is 14.3 Å². The Labute approximate surface area is 187 Å². The van der Waals surface area contributed by atoms with Crippen molar-refractivity contribution in [1.82, 2.24) is 30.2 Å². The first-order valence-electron chi connectivity index (χ1n) is 10.1. The fourth-order valence-corrected chi connectivity index (χ4v) is 4.66. The number of hydrogen-bond acceptors (Lipinski definition) is 9. The first-order chi connectivity index (χ1) is 15.6. The minimum absolute atomic E-state index is 0.222. The van der Waals surface area contributed by atoms with Crippen LogP contribution in [0.4, 0.5) is 5.69 Å². The highest BCUT2D eigenvalue weighted by molar-refractivity contribution is 7.20. The highest BCUT2D eigenvalue weighted by Gasteiger charge is 2.28. The Bertz CT molecular complexity index is 1310. The summed E-state index contributed by atoms with van der Waals surface area (Å²) in [4.78, 5) is 23.3. The van der Waals surface area contributed by atoms with Crippen molar-refractivity contribution in [2.24, 2.45) is 0 Å². The Morgan fingerprint density at radius 2 is 2.12 bits per heavy atom. The molecular formula is C21H21N7O3S. The molecule has 1 aliphatic rings. The summed E-state index contributed by atoms with van der Waals surface area (Å²) in [7, 11) is 3.13. The van der Waals surface area contributed by atoms with Crippen LogP contribution >= 0.6 is 11.3 Å². The molecule has 4 aromatic rings. The van der Waals surface area contributed by atoms with E-state index in [4.69, 9.17) is 9.47 Å². The molecule has 0 saturated heterocycles. The first kappa shape index (κ1) is 20.5. The number of aromatic nitrogens is 6. The molecule has 0 atom stereocenters. The summed E-state index contributed by atoms with van der Waals surface area (Å²) in [5.41, 5.74) is 2.29. The van der Waals surface area contributed by atoms with Crippen molar-refractivity contribution in [1.29, 1.82) is 0 Å². The van der Waals surface area contributed by atoms with Gasteiger partial charge in [-0.15, -0.1) is 16.4 Å². The second kappa shape index (κ2) is 8.24. The van der Waals surface area contributed by atoms with Gasteiger partial charge in [-0.25, -0.2) is 9.67 Å². The van der Waals surface area contributed by atoms with Crippen LogP contribution in [0.1, 0.15) is 39.9 Å². The summed E-state index contributed by atoms with van der Waals surface area (Å²) in [6.07, 6.45) is 2.16. The second-order valence-electron chi connectivity index (χ2n) is 7.53. The van der Waals surface area contributed by atoms with E-state index in [2.05, 4.69) is 30.8 Å². The highest BCUT2D eigenvalue weighted by atomic mass is 32.1. The van der Waals surface area contributed by atoms with Gasteiger partial charge in [-0.3, -0.25) is 4.79 Å². The zero-order valence-electron chi connectivity index (χ0n) is 17.8. The summed E-state index contributed by atoms with van der Waals surface area (Å²) < 4.78 is 12.4. The molecule has 3 aromatic heterocycles. The maximum absolute atomic E-state index is 13.1. The molecule has 0 aliphatic heterocycles. The lowest BCUT2D eigenvalue weighted by Gasteiger charge is -2.08. The zero-order valence-corrected chi connectivity index (χ0v) is 18.6. The van der Waals surface area contributed by atoms with Crippen LogP contribution in [0.25, 0.3) is 21.6 Å². The van der Waals surface area contributed by atoms with Gasteiger partial charge in [0.25, 0.3) is 5.91 Å². The molecule has 1 amide bonds. The van der Waals surface area contributed by atoms with E-state index < -0.39 is 0 Å². The van der Waals surface area contributed by atoms with Gasteiger partial charge < -0.3 is 14.8 Å². The molecule has 0 bridgehead atoms. The molecule has 32 heavy (non-hydrogen) atoms. The predicted molar refractivity (Wildman–Crippen MR) is 119 cm³/mol. The van der Waals surface area contributed by atoms with Gasteiger partial charge in [0.2, 0.25) is 5.88 Å². The number of methoxy groups -OCH3 is 2. The molecule has 3 heterocycles. The number of hydrogen-bond donors (Lipinski definition) is 1. The van der Waals surface area contributed by atoms with E-state index in [1.54, 1.807) is 14.2 Å². The van der Waals surface area contributed by atoms with Crippen molar-refractivity contribution in [3.8, 4) is 17.3 Å². The number of nitrogens with zero attached hydrogens (tertiary/aromatic N) is 6. The van der Waals surface area contributed by atoms with Crippen LogP contribution in [-0.4, -0.2) is 50.3 Å². The largest absolute Gasteiger partial charge is 0.480 e.